The van der Waals surface area contributed by atoms with E-state index in [0.717, 1.165) is 29.9 Å². The Labute approximate surface area is 67.4 Å². The quantitative estimate of drug-likeness (QED) is 0.721. The van der Waals surface area contributed by atoms with Gasteiger partial charge in [-0.05, 0) is 19.4 Å². The summed E-state index contributed by atoms with van der Waals surface area (Å²) >= 11 is 0. The molecule has 62 valence electrons. The lowest BCUT2D eigenvalue weighted by molar-refractivity contribution is 0.478. The second kappa shape index (κ2) is 3.58. The third-order valence-electron chi connectivity index (χ3n) is 1.79. The Kier molecular flexibility index (Phi) is 2.71. The fourth-order valence-electron chi connectivity index (χ4n) is 1.16. The van der Waals surface area contributed by atoms with Crippen LogP contribution in [0, 0.1) is 6.92 Å². The van der Waals surface area contributed by atoms with Gasteiger partial charge in [-0.2, -0.15) is 0 Å². The van der Waals surface area contributed by atoms with Gasteiger partial charge in [0.15, 0.2) is 0 Å². The van der Waals surface area contributed by atoms with Crippen LogP contribution in [0.2, 0.25) is 0 Å². The molecule has 0 unspecified atom stereocenters. The second-order valence-electron chi connectivity index (χ2n) is 2.75. The molecule has 0 aliphatic rings. The minimum atomic E-state index is 0.582. The fraction of sp³-hybridized carbons (Fsp3) is 0.556. The zero-order valence-corrected chi connectivity index (χ0v) is 7.18. The van der Waals surface area contributed by atoms with E-state index in [2.05, 4.69) is 13.0 Å². The highest BCUT2D eigenvalue weighted by Crippen LogP contribution is 2.14. The molecule has 0 aliphatic carbocycles. The zero-order chi connectivity index (χ0) is 8.27. The van der Waals surface area contributed by atoms with Crippen LogP contribution in [-0.4, -0.2) is 0 Å². The molecule has 2 N–H and O–H groups in total. The molecule has 0 aliphatic heterocycles. The van der Waals surface area contributed by atoms with Crippen molar-refractivity contribution in [1.82, 2.24) is 0 Å². The molecule has 2 heteroatoms. The summed E-state index contributed by atoms with van der Waals surface area (Å²) in [5.41, 5.74) is 6.63. The van der Waals surface area contributed by atoms with Crippen LogP contribution in [-0.2, 0) is 13.0 Å². The van der Waals surface area contributed by atoms with Crippen molar-refractivity contribution in [1.29, 1.82) is 0 Å². The van der Waals surface area contributed by atoms with Gasteiger partial charge in [0.1, 0.15) is 11.5 Å². The fourth-order valence-corrected chi connectivity index (χ4v) is 1.16. The van der Waals surface area contributed by atoms with Gasteiger partial charge in [0.2, 0.25) is 0 Å². The normalized spacial score (nSPS) is 10.5. The summed E-state index contributed by atoms with van der Waals surface area (Å²) in [6, 6.07) is 2.05. The maximum atomic E-state index is 5.50. The number of rotatable bonds is 3. The van der Waals surface area contributed by atoms with E-state index in [1.165, 1.54) is 0 Å². The second-order valence-corrected chi connectivity index (χ2v) is 2.75. The van der Waals surface area contributed by atoms with E-state index in [-0.39, 0.29) is 0 Å². The molecule has 0 bridgehead atoms. The van der Waals surface area contributed by atoms with Crippen molar-refractivity contribution in [2.75, 3.05) is 0 Å². The number of furan rings is 1. The molecule has 0 fully saturated rings. The van der Waals surface area contributed by atoms with E-state index in [0.29, 0.717) is 6.54 Å². The highest BCUT2D eigenvalue weighted by molar-refractivity contribution is 5.20. The number of nitrogens with two attached hydrogens (primary N) is 1. The summed E-state index contributed by atoms with van der Waals surface area (Å²) in [4.78, 5) is 0. The van der Waals surface area contributed by atoms with Gasteiger partial charge in [-0.3, -0.25) is 0 Å². The van der Waals surface area contributed by atoms with Crippen molar-refractivity contribution < 1.29 is 4.42 Å². The third kappa shape index (κ3) is 1.84. The van der Waals surface area contributed by atoms with Gasteiger partial charge in [-0.15, -0.1) is 0 Å². The molecular weight excluding hydrogens is 138 g/mol. The average Bonchev–Trinajstić information content (AvgIpc) is 2.32. The van der Waals surface area contributed by atoms with Crippen LogP contribution in [0.1, 0.15) is 30.4 Å². The molecule has 1 aromatic rings. The van der Waals surface area contributed by atoms with Gasteiger partial charge >= 0.3 is 0 Å². The van der Waals surface area contributed by atoms with Gasteiger partial charge in [0.25, 0.3) is 0 Å². The van der Waals surface area contributed by atoms with Crippen molar-refractivity contribution >= 4 is 0 Å². The first-order valence-corrected chi connectivity index (χ1v) is 4.06. The first kappa shape index (κ1) is 8.34. The van der Waals surface area contributed by atoms with E-state index in [1.54, 1.807) is 0 Å². The predicted octanol–water partition coefficient (Wildman–Crippen LogP) is 2.00. The Balaban J connectivity index is 2.77. The largest absolute Gasteiger partial charge is 0.466 e. The SMILES string of the molecule is CCCc1cc(CN)c(C)o1. The third-order valence-corrected chi connectivity index (χ3v) is 1.79. The Morgan fingerprint density at radius 3 is 2.73 bits per heavy atom. The Hall–Kier alpha value is -0.760. The van der Waals surface area contributed by atoms with E-state index in [4.69, 9.17) is 10.2 Å². The predicted molar refractivity (Wildman–Crippen MR) is 45.3 cm³/mol. The van der Waals surface area contributed by atoms with Crippen LogP contribution in [0.5, 0.6) is 0 Å². The molecule has 0 radical (unpaired) electrons. The smallest absolute Gasteiger partial charge is 0.105 e. The van der Waals surface area contributed by atoms with Gasteiger partial charge in [-0.1, -0.05) is 6.92 Å². The molecule has 1 rings (SSSR count). The van der Waals surface area contributed by atoms with Crippen LogP contribution in [0.15, 0.2) is 10.5 Å². The molecule has 0 saturated heterocycles. The molecule has 0 atom stereocenters. The lowest BCUT2D eigenvalue weighted by Gasteiger charge is -1.88. The summed E-state index contributed by atoms with van der Waals surface area (Å²) in [5.74, 6) is 2.03. The molecule has 1 heterocycles. The average molecular weight is 153 g/mol. The van der Waals surface area contributed by atoms with Gasteiger partial charge < -0.3 is 10.2 Å². The highest BCUT2D eigenvalue weighted by atomic mass is 16.3. The van der Waals surface area contributed by atoms with Gasteiger partial charge in [0.05, 0.1) is 0 Å². The Morgan fingerprint density at radius 2 is 2.27 bits per heavy atom. The van der Waals surface area contributed by atoms with Crippen molar-refractivity contribution in [2.45, 2.75) is 33.2 Å². The monoisotopic (exact) mass is 153 g/mol. The Morgan fingerprint density at radius 1 is 1.55 bits per heavy atom. The lowest BCUT2D eigenvalue weighted by Crippen LogP contribution is -1.95. The van der Waals surface area contributed by atoms with Crippen molar-refractivity contribution in [2.24, 2.45) is 5.73 Å². The van der Waals surface area contributed by atoms with Crippen LogP contribution in [0.3, 0.4) is 0 Å². The van der Waals surface area contributed by atoms with Gasteiger partial charge in [0, 0.05) is 18.5 Å². The number of hydrogen-bond donors (Lipinski definition) is 1. The Bertz CT molecular complexity index is 227. The molecule has 0 aromatic carbocycles. The van der Waals surface area contributed by atoms with Crippen LogP contribution < -0.4 is 5.73 Å². The summed E-state index contributed by atoms with van der Waals surface area (Å²) in [5, 5.41) is 0. The van der Waals surface area contributed by atoms with Crippen LogP contribution >= 0.6 is 0 Å². The highest BCUT2D eigenvalue weighted by Gasteiger charge is 2.03. The van der Waals surface area contributed by atoms with E-state index in [1.807, 2.05) is 6.92 Å². The van der Waals surface area contributed by atoms with Crippen molar-refractivity contribution in [3.05, 3.63) is 23.2 Å². The summed E-state index contributed by atoms with van der Waals surface area (Å²) in [7, 11) is 0. The molecule has 2 nitrogen and oxygen atoms in total. The maximum absolute atomic E-state index is 5.50. The lowest BCUT2D eigenvalue weighted by atomic mass is 10.2. The van der Waals surface area contributed by atoms with Crippen molar-refractivity contribution in [3.63, 3.8) is 0 Å². The van der Waals surface area contributed by atoms with Gasteiger partial charge in [-0.25, -0.2) is 0 Å². The minimum absolute atomic E-state index is 0.582. The molecular formula is C9H15NO. The zero-order valence-electron chi connectivity index (χ0n) is 7.18. The van der Waals surface area contributed by atoms with E-state index >= 15 is 0 Å². The summed E-state index contributed by atoms with van der Waals surface area (Å²) in [6.07, 6.45) is 2.14. The standard InChI is InChI=1S/C9H15NO/c1-3-4-9-5-8(6-10)7(2)11-9/h5H,3-4,6,10H2,1-2H3. The molecule has 0 amide bonds. The first-order chi connectivity index (χ1) is 5.27. The van der Waals surface area contributed by atoms with Crippen LogP contribution in [0.4, 0.5) is 0 Å². The van der Waals surface area contributed by atoms with Crippen molar-refractivity contribution in [3.8, 4) is 0 Å². The molecule has 1 aromatic heterocycles. The summed E-state index contributed by atoms with van der Waals surface area (Å²) < 4.78 is 5.47. The molecule has 11 heavy (non-hydrogen) atoms. The number of hydrogen-bond acceptors (Lipinski definition) is 2. The summed E-state index contributed by atoms with van der Waals surface area (Å²) in [6.45, 7) is 4.68. The minimum Gasteiger partial charge on any atom is -0.466 e. The van der Waals surface area contributed by atoms with E-state index in [9.17, 15) is 0 Å². The van der Waals surface area contributed by atoms with Crippen LogP contribution in [0.25, 0.3) is 0 Å². The maximum Gasteiger partial charge on any atom is 0.105 e. The number of aryl methyl sites for hydroxylation is 2. The molecule has 0 spiro atoms. The van der Waals surface area contributed by atoms with E-state index < -0.39 is 0 Å². The molecule has 0 saturated carbocycles. The first-order valence-electron chi connectivity index (χ1n) is 4.06. The topological polar surface area (TPSA) is 39.2 Å².